The number of benzene rings is 1. The number of aliphatic hydroxyl groups is 1. The van der Waals surface area contributed by atoms with Crippen molar-refractivity contribution in [2.45, 2.75) is 12.8 Å². The van der Waals surface area contributed by atoms with Gasteiger partial charge in [0, 0.05) is 31.3 Å². The van der Waals surface area contributed by atoms with Crippen LogP contribution < -0.4 is 0 Å². The normalized spacial score (nSPS) is 16.2. The largest absolute Gasteiger partial charge is 0.396 e. The van der Waals surface area contributed by atoms with Crippen LogP contribution in [0.5, 0.6) is 0 Å². The Morgan fingerprint density at radius 1 is 1.45 bits per heavy atom. The molecule has 0 bridgehead atoms. The molecule has 7 heteroatoms. The van der Waals surface area contributed by atoms with Gasteiger partial charge in [-0.2, -0.15) is 0 Å². The molecule has 6 nitrogen and oxygen atoms in total. The van der Waals surface area contributed by atoms with E-state index in [1.54, 1.807) is 4.90 Å². The summed E-state index contributed by atoms with van der Waals surface area (Å²) in [6.45, 7) is 1.31. The van der Waals surface area contributed by atoms with Crippen molar-refractivity contribution < 1.29 is 14.8 Å². The number of nitrogens with zero attached hydrogens (tertiary/aromatic N) is 2. The first-order valence-corrected chi connectivity index (χ1v) is 6.74. The molecule has 1 fully saturated rings. The van der Waals surface area contributed by atoms with Crippen molar-refractivity contribution in [2.75, 3.05) is 19.7 Å². The summed E-state index contributed by atoms with van der Waals surface area (Å²) in [5.74, 6) is 0.0673. The number of amides is 1. The molecule has 1 aromatic carbocycles. The SMILES string of the molecule is O=C(c1ccc([N+](=O)[O-])c(Cl)c1)N1CCC(CO)CC1. The first kappa shape index (κ1) is 14.7. The Kier molecular flexibility index (Phi) is 4.57. The zero-order valence-electron chi connectivity index (χ0n) is 10.8. The number of hydrogen-bond donors (Lipinski definition) is 1. The number of likely N-dealkylation sites (tertiary alicyclic amines) is 1. The maximum atomic E-state index is 12.3. The Balaban J connectivity index is 2.10. The number of hydrogen-bond acceptors (Lipinski definition) is 4. The van der Waals surface area contributed by atoms with E-state index >= 15 is 0 Å². The first-order chi connectivity index (χ1) is 9.52. The smallest absolute Gasteiger partial charge is 0.287 e. The highest BCUT2D eigenvalue weighted by Crippen LogP contribution is 2.26. The lowest BCUT2D eigenvalue weighted by Gasteiger charge is -2.31. The molecule has 0 aliphatic carbocycles. The summed E-state index contributed by atoms with van der Waals surface area (Å²) in [6, 6.07) is 4.00. The molecule has 20 heavy (non-hydrogen) atoms. The molecule has 1 N–H and O–H groups in total. The van der Waals surface area contributed by atoms with E-state index in [0.717, 1.165) is 12.8 Å². The Bertz CT molecular complexity index is 527. The van der Waals surface area contributed by atoms with Crippen molar-refractivity contribution in [3.05, 3.63) is 38.9 Å². The van der Waals surface area contributed by atoms with Gasteiger partial charge >= 0.3 is 0 Å². The summed E-state index contributed by atoms with van der Waals surface area (Å²) in [5, 5.41) is 19.7. The number of rotatable bonds is 3. The van der Waals surface area contributed by atoms with Gasteiger partial charge in [-0.1, -0.05) is 11.6 Å². The fourth-order valence-corrected chi connectivity index (χ4v) is 2.54. The zero-order chi connectivity index (χ0) is 14.7. The topological polar surface area (TPSA) is 83.7 Å². The highest BCUT2D eigenvalue weighted by atomic mass is 35.5. The molecule has 0 radical (unpaired) electrons. The lowest BCUT2D eigenvalue weighted by molar-refractivity contribution is -0.384. The molecule has 1 amide bonds. The molecule has 0 saturated carbocycles. The molecule has 108 valence electrons. The molecule has 1 heterocycles. The molecule has 0 atom stereocenters. The van der Waals surface area contributed by atoms with Crippen LogP contribution in [0.4, 0.5) is 5.69 Å². The van der Waals surface area contributed by atoms with E-state index in [4.69, 9.17) is 16.7 Å². The fraction of sp³-hybridized carbons (Fsp3) is 0.462. The maximum Gasteiger partial charge on any atom is 0.287 e. The van der Waals surface area contributed by atoms with Crippen LogP contribution >= 0.6 is 11.6 Å². The van der Waals surface area contributed by atoms with E-state index in [0.29, 0.717) is 18.7 Å². The van der Waals surface area contributed by atoms with Crippen LogP contribution in [-0.4, -0.2) is 40.5 Å². The van der Waals surface area contributed by atoms with Crippen molar-refractivity contribution in [1.82, 2.24) is 4.90 Å². The summed E-state index contributed by atoms with van der Waals surface area (Å²) in [6.07, 6.45) is 1.53. The Morgan fingerprint density at radius 2 is 2.10 bits per heavy atom. The summed E-state index contributed by atoms with van der Waals surface area (Å²) < 4.78 is 0. The second-order valence-electron chi connectivity index (χ2n) is 4.84. The van der Waals surface area contributed by atoms with E-state index in [9.17, 15) is 14.9 Å². The number of carbonyl (C=O) groups excluding carboxylic acids is 1. The van der Waals surface area contributed by atoms with Gasteiger partial charge in [0.25, 0.3) is 11.6 Å². The van der Waals surface area contributed by atoms with E-state index in [1.807, 2.05) is 0 Å². The third-order valence-electron chi connectivity index (χ3n) is 3.55. The number of halogens is 1. The summed E-state index contributed by atoms with van der Waals surface area (Å²) >= 11 is 5.81. The molecule has 1 aliphatic rings. The minimum Gasteiger partial charge on any atom is -0.396 e. The monoisotopic (exact) mass is 298 g/mol. The molecule has 2 rings (SSSR count). The van der Waals surface area contributed by atoms with Crippen LogP contribution in [0.25, 0.3) is 0 Å². The van der Waals surface area contributed by atoms with Crippen molar-refractivity contribution >= 4 is 23.2 Å². The van der Waals surface area contributed by atoms with E-state index in [-0.39, 0.29) is 29.1 Å². The second-order valence-corrected chi connectivity index (χ2v) is 5.25. The summed E-state index contributed by atoms with van der Waals surface area (Å²) in [4.78, 5) is 24.0. The lowest BCUT2D eigenvalue weighted by atomic mass is 9.97. The van der Waals surface area contributed by atoms with Gasteiger partial charge in [-0.05, 0) is 30.9 Å². The quantitative estimate of drug-likeness (QED) is 0.684. The average molecular weight is 299 g/mol. The van der Waals surface area contributed by atoms with Crippen LogP contribution in [0.2, 0.25) is 5.02 Å². The van der Waals surface area contributed by atoms with Gasteiger partial charge in [0.1, 0.15) is 5.02 Å². The minimum atomic E-state index is -0.580. The highest BCUT2D eigenvalue weighted by Gasteiger charge is 2.24. The van der Waals surface area contributed by atoms with Gasteiger partial charge in [0.15, 0.2) is 0 Å². The highest BCUT2D eigenvalue weighted by molar-refractivity contribution is 6.33. The van der Waals surface area contributed by atoms with Gasteiger partial charge in [-0.15, -0.1) is 0 Å². The third-order valence-corrected chi connectivity index (χ3v) is 3.85. The number of carbonyl (C=O) groups is 1. The molecule has 0 spiro atoms. The molecule has 0 unspecified atom stereocenters. The van der Waals surface area contributed by atoms with Crippen molar-refractivity contribution in [2.24, 2.45) is 5.92 Å². The Morgan fingerprint density at radius 3 is 2.60 bits per heavy atom. The van der Waals surface area contributed by atoms with Crippen LogP contribution in [-0.2, 0) is 0 Å². The number of nitro groups is 1. The van der Waals surface area contributed by atoms with Crippen LogP contribution in [0.1, 0.15) is 23.2 Å². The van der Waals surface area contributed by atoms with Gasteiger partial charge in [0.2, 0.25) is 0 Å². The van der Waals surface area contributed by atoms with Gasteiger partial charge < -0.3 is 10.0 Å². The lowest BCUT2D eigenvalue weighted by Crippen LogP contribution is -2.39. The zero-order valence-corrected chi connectivity index (χ0v) is 11.5. The Hall–Kier alpha value is -1.66. The average Bonchev–Trinajstić information content (AvgIpc) is 2.46. The molecule has 1 aliphatic heterocycles. The van der Waals surface area contributed by atoms with Crippen LogP contribution in [0.15, 0.2) is 18.2 Å². The Labute approximate surface area is 121 Å². The van der Waals surface area contributed by atoms with Crippen LogP contribution in [0.3, 0.4) is 0 Å². The van der Waals surface area contributed by atoms with E-state index < -0.39 is 4.92 Å². The molecular weight excluding hydrogens is 284 g/mol. The van der Waals surface area contributed by atoms with Crippen LogP contribution in [0, 0.1) is 16.0 Å². The van der Waals surface area contributed by atoms with E-state index in [1.165, 1.54) is 18.2 Å². The van der Waals surface area contributed by atoms with Gasteiger partial charge in [-0.3, -0.25) is 14.9 Å². The fourth-order valence-electron chi connectivity index (χ4n) is 2.29. The van der Waals surface area contributed by atoms with Crippen molar-refractivity contribution in [3.63, 3.8) is 0 Å². The molecule has 1 aromatic rings. The summed E-state index contributed by atoms with van der Waals surface area (Å²) in [7, 11) is 0. The summed E-state index contributed by atoms with van der Waals surface area (Å²) in [5.41, 5.74) is 0.144. The maximum absolute atomic E-state index is 12.3. The second kappa shape index (κ2) is 6.19. The van der Waals surface area contributed by atoms with Gasteiger partial charge in [0.05, 0.1) is 4.92 Å². The molecular formula is C13H15ClN2O4. The minimum absolute atomic E-state index is 0.0360. The van der Waals surface area contributed by atoms with Crippen molar-refractivity contribution in [3.8, 4) is 0 Å². The van der Waals surface area contributed by atoms with Gasteiger partial charge in [-0.25, -0.2) is 0 Å². The van der Waals surface area contributed by atoms with Crippen molar-refractivity contribution in [1.29, 1.82) is 0 Å². The van der Waals surface area contributed by atoms with E-state index in [2.05, 4.69) is 0 Å². The molecule has 0 aromatic heterocycles. The predicted octanol–water partition coefficient (Wildman–Crippen LogP) is 2.09. The predicted molar refractivity (Wildman–Crippen MR) is 73.8 cm³/mol. The first-order valence-electron chi connectivity index (χ1n) is 6.37. The number of nitro benzene ring substituents is 1. The number of piperidine rings is 1. The molecule has 1 saturated heterocycles. The standard InChI is InChI=1S/C13H15ClN2O4/c14-11-7-10(1-2-12(11)16(19)20)13(18)15-5-3-9(8-17)4-6-15/h1-2,7,9,17H,3-6,8H2. The number of aliphatic hydroxyl groups excluding tert-OH is 1. The third kappa shape index (κ3) is 3.08.